The van der Waals surface area contributed by atoms with Crippen LogP contribution in [0.25, 0.3) is 0 Å². The number of rotatable bonds is 2. The first-order valence-corrected chi connectivity index (χ1v) is 6.76. The minimum atomic E-state index is 0.280. The molecule has 0 aromatic carbocycles. The quantitative estimate of drug-likeness (QED) is 0.805. The van der Waals surface area contributed by atoms with Crippen molar-refractivity contribution in [1.29, 1.82) is 0 Å². The van der Waals surface area contributed by atoms with Crippen molar-refractivity contribution in [2.45, 2.75) is 31.8 Å². The number of nitrogens with zero attached hydrogens (tertiary/aromatic N) is 1. The highest BCUT2D eigenvalue weighted by molar-refractivity contribution is 5.42. The molecule has 0 unspecified atom stereocenters. The molecule has 1 aromatic rings. The monoisotopic (exact) mass is 242 g/mol. The Bertz CT molecular complexity index is 465. The van der Waals surface area contributed by atoms with Crippen LogP contribution in [-0.4, -0.2) is 24.2 Å². The Hall–Kier alpha value is -1.53. The maximum atomic E-state index is 5.99. The highest BCUT2D eigenvalue weighted by atomic mass is 16.5. The summed E-state index contributed by atoms with van der Waals surface area (Å²) in [5.41, 5.74) is 0.933. The first-order valence-electron chi connectivity index (χ1n) is 6.76. The number of aromatic nitrogens is 1. The van der Waals surface area contributed by atoms with Crippen LogP contribution in [0.4, 0.5) is 0 Å². The standard InChI is InChI=1S/C15H18N2O/c1-2-13(6-5-12-3-4-12)15(17-9-1)18-14-7-10-16-11-8-14/h1-2,9,12,14,16H,3-4,7-8,10-11H2. The number of hydrogen-bond donors (Lipinski definition) is 1. The van der Waals surface area contributed by atoms with Crippen LogP contribution in [0.5, 0.6) is 5.88 Å². The Morgan fingerprint density at radius 2 is 2.06 bits per heavy atom. The van der Waals surface area contributed by atoms with Crippen LogP contribution in [0.15, 0.2) is 18.3 Å². The maximum Gasteiger partial charge on any atom is 0.229 e. The van der Waals surface area contributed by atoms with E-state index in [-0.39, 0.29) is 6.10 Å². The molecule has 3 rings (SSSR count). The maximum absolute atomic E-state index is 5.99. The molecule has 1 aliphatic heterocycles. The molecule has 18 heavy (non-hydrogen) atoms. The molecule has 0 atom stereocenters. The molecule has 1 N–H and O–H groups in total. The second-order valence-electron chi connectivity index (χ2n) is 4.97. The van der Waals surface area contributed by atoms with Gasteiger partial charge in [0.2, 0.25) is 5.88 Å². The molecular formula is C15H18N2O. The fourth-order valence-corrected chi connectivity index (χ4v) is 2.06. The van der Waals surface area contributed by atoms with Gasteiger partial charge in [-0.1, -0.05) is 11.8 Å². The fourth-order valence-electron chi connectivity index (χ4n) is 2.06. The molecule has 2 aliphatic rings. The predicted molar refractivity (Wildman–Crippen MR) is 70.4 cm³/mol. The van der Waals surface area contributed by atoms with Gasteiger partial charge in [-0.15, -0.1) is 0 Å². The van der Waals surface area contributed by atoms with Crippen LogP contribution in [0.2, 0.25) is 0 Å². The van der Waals surface area contributed by atoms with Crippen molar-refractivity contribution in [1.82, 2.24) is 10.3 Å². The van der Waals surface area contributed by atoms with Gasteiger partial charge in [0.25, 0.3) is 0 Å². The summed E-state index contributed by atoms with van der Waals surface area (Å²) in [5.74, 6) is 7.79. The molecule has 0 radical (unpaired) electrons. The normalized spacial score (nSPS) is 20.0. The molecular weight excluding hydrogens is 224 g/mol. The van der Waals surface area contributed by atoms with E-state index in [1.807, 2.05) is 12.1 Å². The molecule has 1 aliphatic carbocycles. The van der Waals surface area contributed by atoms with E-state index in [2.05, 4.69) is 22.1 Å². The number of hydrogen-bond acceptors (Lipinski definition) is 3. The first kappa shape index (κ1) is 11.6. The third kappa shape index (κ3) is 3.02. The summed E-state index contributed by atoms with van der Waals surface area (Å²) in [6.07, 6.45) is 6.65. The van der Waals surface area contributed by atoms with Gasteiger partial charge in [0, 0.05) is 12.1 Å². The average Bonchev–Trinajstić information content (AvgIpc) is 3.23. The molecule has 0 spiro atoms. The van der Waals surface area contributed by atoms with E-state index in [0.717, 1.165) is 31.5 Å². The molecule has 0 amide bonds. The highest BCUT2D eigenvalue weighted by Gasteiger charge is 2.19. The Kier molecular flexibility index (Phi) is 3.47. The third-order valence-electron chi connectivity index (χ3n) is 3.32. The van der Waals surface area contributed by atoms with Crippen LogP contribution in [0.1, 0.15) is 31.2 Å². The Labute approximate surface area is 108 Å². The van der Waals surface area contributed by atoms with Crippen LogP contribution in [-0.2, 0) is 0 Å². The summed E-state index contributed by atoms with van der Waals surface area (Å²) in [6.45, 7) is 2.06. The SMILES string of the molecule is C(#CC1CC1)c1cccnc1OC1CCNCC1. The highest BCUT2D eigenvalue weighted by Crippen LogP contribution is 2.28. The van der Waals surface area contributed by atoms with Gasteiger partial charge in [-0.25, -0.2) is 4.98 Å². The zero-order valence-corrected chi connectivity index (χ0v) is 10.5. The molecule has 1 aromatic heterocycles. The van der Waals surface area contributed by atoms with Crippen molar-refractivity contribution in [3.8, 4) is 17.7 Å². The van der Waals surface area contributed by atoms with Crippen molar-refractivity contribution in [2.24, 2.45) is 5.92 Å². The van der Waals surface area contributed by atoms with Gasteiger partial charge in [-0.05, 0) is 50.9 Å². The number of piperidine rings is 1. The molecule has 3 heteroatoms. The van der Waals surface area contributed by atoms with Crippen molar-refractivity contribution >= 4 is 0 Å². The molecule has 3 nitrogen and oxygen atoms in total. The van der Waals surface area contributed by atoms with Crippen LogP contribution >= 0.6 is 0 Å². The lowest BCUT2D eigenvalue weighted by Gasteiger charge is -2.23. The Morgan fingerprint density at radius 1 is 1.22 bits per heavy atom. The summed E-state index contributed by atoms with van der Waals surface area (Å²) < 4.78 is 5.99. The summed E-state index contributed by atoms with van der Waals surface area (Å²) in [7, 11) is 0. The summed E-state index contributed by atoms with van der Waals surface area (Å²) >= 11 is 0. The number of pyridine rings is 1. The topological polar surface area (TPSA) is 34.1 Å². The van der Waals surface area contributed by atoms with Gasteiger partial charge in [0.15, 0.2) is 0 Å². The van der Waals surface area contributed by atoms with Gasteiger partial charge in [-0.2, -0.15) is 0 Å². The largest absolute Gasteiger partial charge is 0.473 e. The van der Waals surface area contributed by atoms with E-state index in [1.165, 1.54) is 12.8 Å². The van der Waals surface area contributed by atoms with E-state index >= 15 is 0 Å². The third-order valence-corrected chi connectivity index (χ3v) is 3.32. The van der Waals surface area contributed by atoms with Gasteiger partial charge >= 0.3 is 0 Å². The summed E-state index contributed by atoms with van der Waals surface area (Å²) in [4.78, 5) is 4.33. The molecule has 1 saturated heterocycles. The van der Waals surface area contributed by atoms with E-state index in [9.17, 15) is 0 Å². The zero-order valence-electron chi connectivity index (χ0n) is 10.5. The van der Waals surface area contributed by atoms with Crippen LogP contribution in [0, 0.1) is 17.8 Å². The molecule has 94 valence electrons. The first-order chi connectivity index (χ1) is 8.92. The minimum Gasteiger partial charge on any atom is -0.473 e. The van der Waals surface area contributed by atoms with E-state index in [1.54, 1.807) is 6.20 Å². The van der Waals surface area contributed by atoms with E-state index in [0.29, 0.717) is 11.8 Å². The van der Waals surface area contributed by atoms with Crippen molar-refractivity contribution in [3.63, 3.8) is 0 Å². The lowest BCUT2D eigenvalue weighted by Crippen LogP contribution is -2.34. The van der Waals surface area contributed by atoms with E-state index in [4.69, 9.17) is 4.74 Å². The fraction of sp³-hybridized carbons (Fsp3) is 0.533. The number of ether oxygens (including phenoxy) is 1. The molecule has 2 heterocycles. The van der Waals surface area contributed by atoms with Crippen molar-refractivity contribution in [3.05, 3.63) is 23.9 Å². The van der Waals surface area contributed by atoms with Gasteiger partial charge in [0.05, 0.1) is 5.56 Å². The second kappa shape index (κ2) is 5.41. The molecule has 0 bridgehead atoms. The molecule has 1 saturated carbocycles. The summed E-state index contributed by atoms with van der Waals surface area (Å²) in [6, 6.07) is 3.92. The van der Waals surface area contributed by atoms with Crippen molar-refractivity contribution in [2.75, 3.05) is 13.1 Å². The van der Waals surface area contributed by atoms with E-state index < -0.39 is 0 Å². The smallest absolute Gasteiger partial charge is 0.229 e. The van der Waals surface area contributed by atoms with Crippen LogP contribution in [0.3, 0.4) is 0 Å². The van der Waals surface area contributed by atoms with Gasteiger partial charge in [0.1, 0.15) is 6.10 Å². The summed E-state index contributed by atoms with van der Waals surface area (Å²) in [5, 5.41) is 3.34. The molecule has 2 fully saturated rings. The second-order valence-corrected chi connectivity index (χ2v) is 4.97. The Balaban J connectivity index is 1.72. The lowest BCUT2D eigenvalue weighted by molar-refractivity contribution is 0.155. The van der Waals surface area contributed by atoms with Gasteiger partial charge < -0.3 is 10.1 Å². The van der Waals surface area contributed by atoms with Gasteiger partial charge in [-0.3, -0.25) is 0 Å². The average molecular weight is 242 g/mol. The lowest BCUT2D eigenvalue weighted by atomic mass is 10.1. The Morgan fingerprint density at radius 3 is 2.83 bits per heavy atom. The van der Waals surface area contributed by atoms with Crippen molar-refractivity contribution < 1.29 is 4.74 Å². The zero-order chi connectivity index (χ0) is 12.2. The number of nitrogens with one attached hydrogen (secondary N) is 1. The predicted octanol–water partition coefficient (Wildman–Crippen LogP) is 1.97. The van der Waals surface area contributed by atoms with Crippen LogP contribution < -0.4 is 10.1 Å². The minimum absolute atomic E-state index is 0.280.